The number of esters is 1. The van der Waals surface area contributed by atoms with Crippen LogP contribution in [0.5, 0.6) is 5.75 Å². The summed E-state index contributed by atoms with van der Waals surface area (Å²) >= 11 is 0. The van der Waals surface area contributed by atoms with E-state index >= 15 is 0 Å². The molecular weight excluding hydrogens is 211 g/mol. The third kappa shape index (κ3) is 3.22. The van der Waals surface area contributed by atoms with Crippen LogP contribution >= 0.6 is 0 Å². The molecule has 1 rings (SSSR count). The second kappa shape index (κ2) is 6.10. The van der Waals surface area contributed by atoms with Crippen LogP contribution in [-0.2, 0) is 9.53 Å². The van der Waals surface area contributed by atoms with Crippen molar-refractivity contribution in [2.45, 2.75) is 12.3 Å². The smallest absolute Gasteiger partial charge is 0.306 e. The highest BCUT2D eigenvalue weighted by atomic mass is 19.1. The fraction of sp³-hybridized carbons (Fsp3) is 0.417. The van der Waals surface area contributed by atoms with E-state index in [4.69, 9.17) is 4.74 Å². The van der Waals surface area contributed by atoms with Crippen molar-refractivity contribution in [3.8, 4) is 5.75 Å². The predicted molar refractivity (Wildman–Crippen MR) is 58.3 cm³/mol. The van der Waals surface area contributed by atoms with E-state index in [9.17, 15) is 9.18 Å². The number of halogens is 1. The van der Waals surface area contributed by atoms with Gasteiger partial charge in [-0.25, -0.2) is 0 Å². The third-order valence-corrected chi connectivity index (χ3v) is 2.41. The average molecular weight is 226 g/mol. The quantitative estimate of drug-likeness (QED) is 0.723. The fourth-order valence-electron chi connectivity index (χ4n) is 1.42. The highest BCUT2D eigenvalue weighted by Crippen LogP contribution is 2.23. The van der Waals surface area contributed by atoms with E-state index in [-0.39, 0.29) is 6.42 Å². The normalized spacial score (nSPS) is 11.9. The minimum absolute atomic E-state index is 0.0549. The maximum Gasteiger partial charge on any atom is 0.306 e. The topological polar surface area (TPSA) is 35.5 Å². The van der Waals surface area contributed by atoms with Crippen molar-refractivity contribution in [1.82, 2.24) is 0 Å². The largest absolute Gasteiger partial charge is 0.497 e. The van der Waals surface area contributed by atoms with Crippen LogP contribution in [-0.4, -0.2) is 26.9 Å². The van der Waals surface area contributed by atoms with Gasteiger partial charge < -0.3 is 9.47 Å². The van der Waals surface area contributed by atoms with Crippen molar-refractivity contribution in [1.29, 1.82) is 0 Å². The lowest BCUT2D eigenvalue weighted by Gasteiger charge is -2.12. The van der Waals surface area contributed by atoms with Crippen LogP contribution in [0, 0.1) is 0 Å². The van der Waals surface area contributed by atoms with Crippen LogP contribution in [0.15, 0.2) is 24.3 Å². The van der Waals surface area contributed by atoms with Gasteiger partial charge >= 0.3 is 5.97 Å². The predicted octanol–water partition coefficient (Wildman–Crippen LogP) is 2.31. The molecule has 88 valence electrons. The molecule has 0 N–H and O–H groups in total. The molecule has 0 saturated heterocycles. The molecular formula is C12H15FO3. The zero-order valence-corrected chi connectivity index (χ0v) is 9.40. The van der Waals surface area contributed by atoms with Gasteiger partial charge in [0, 0.05) is 5.92 Å². The minimum atomic E-state index is -0.582. The molecule has 0 fully saturated rings. The van der Waals surface area contributed by atoms with Gasteiger partial charge in [-0.3, -0.25) is 9.18 Å². The second-order valence-electron chi connectivity index (χ2n) is 3.40. The summed E-state index contributed by atoms with van der Waals surface area (Å²) in [6.07, 6.45) is 0.0549. The molecule has 1 aromatic carbocycles. The lowest BCUT2D eigenvalue weighted by Crippen LogP contribution is -2.10. The molecule has 0 aliphatic heterocycles. The summed E-state index contributed by atoms with van der Waals surface area (Å²) in [6.45, 7) is -0.582. The van der Waals surface area contributed by atoms with E-state index < -0.39 is 18.6 Å². The Bertz CT molecular complexity index is 335. The first kappa shape index (κ1) is 12.5. The van der Waals surface area contributed by atoms with Crippen LogP contribution in [0.2, 0.25) is 0 Å². The zero-order chi connectivity index (χ0) is 12.0. The third-order valence-electron chi connectivity index (χ3n) is 2.41. The lowest BCUT2D eigenvalue weighted by molar-refractivity contribution is -0.141. The SMILES string of the molecule is COC(=O)C[C@@H](CF)c1ccc(OC)cc1. The number of hydrogen-bond acceptors (Lipinski definition) is 3. The maximum atomic E-state index is 12.8. The van der Waals surface area contributed by atoms with E-state index in [1.807, 2.05) is 0 Å². The maximum absolute atomic E-state index is 12.8. The molecule has 0 bridgehead atoms. The number of rotatable bonds is 5. The van der Waals surface area contributed by atoms with Gasteiger partial charge in [0.2, 0.25) is 0 Å². The van der Waals surface area contributed by atoms with E-state index in [2.05, 4.69) is 4.74 Å². The van der Waals surface area contributed by atoms with Gasteiger partial charge in [0.15, 0.2) is 0 Å². The van der Waals surface area contributed by atoms with Gasteiger partial charge in [-0.05, 0) is 17.7 Å². The fourth-order valence-corrected chi connectivity index (χ4v) is 1.42. The average Bonchev–Trinajstić information content (AvgIpc) is 2.35. The first-order valence-electron chi connectivity index (χ1n) is 4.98. The minimum Gasteiger partial charge on any atom is -0.497 e. The molecule has 0 amide bonds. The molecule has 16 heavy (non-hydrogen) atoms. The number of methoxy groups -OCH3 is 2. The Labute approximate surface area is 94.2 Å². The van der Waals surface area contributed by atoms with E-state index in [1.165, 1.54) is 7.11 Å². The number of benzene rings is 1. The Morgan fingerprint density at radius 1 is 1.31 bits per heavy atom. The number of carbonyl (C=O) groups is 1. The van der Waals surface area contributed by atoms with E-state index in [1.54, 1.807) is 31.4 Å². The van der Waals surface area contributed by atoms with Gasteiger partial charge in [-0.15, -0.1) is 0 Å². The Morgan fingerprint density at radius 3 is 2.38 bits per heavy atom. The second-order valence-corrected chi connectivity index (χ2v) is 3.40. The van der Waals surface area contributed by atoms with Crippen LogP contribution in [0.1, 0.15) is 17.9 Å². The molecule has 0 spiro atoms. The lowest BCUT2D eigenvalue weighted by atomic mass is 9.97. The standard InChI is InChI=1S/C12H15FO3/c1-15-11-5-3-9(4-6-11)10(8-13)7-12(14)16-2/h3-6,10H,7-8H2,1-2H3/t10-/m0/s1. The van der Waals surface area contributed by atoms with Crippen LogP contribution in [0.25, 0.3) is 0 Å². The highest BCUT2D eigenvalue weighted by molar-refractivity contribution is 5.70. The molecule has 4 heteroatoms. The Morgan fingerprint density at radius 2 is 1.94 bits per heavy atom. The van der Waals surface area contributed by atoms with Crippen molar-refractivity contribution in [3.05, 3.63) is 29.8 Å². The highest BCUT2D eigenvalue weighted by Gasteiger charge is 2.16. The summed E-state index contributed by atoms with van der Waals surface area (Å²) in [5.41, 5.74) is 0.772. The number of hydrogen-bond donors (Lipinski definition) is 0. The van der Waals surface area contributed by atoms with Crippen LogP contribution in [0.3, 0.4) is 0 Å². The summed E-state index contributed by atoms with van der Waals surface area (Å²) < 4.78 is 22.3. The summed E-state index contributed by atoms with van der Waals surface area (Å²) in [4.78, 5) is 11.1. The number of alkyl halides is 1. The van der Waals surface area contributed by atoms with E-state index in [0.717, 1.165) is 5.56 Å². The zero-order valence-electron chi connectivity index (χ0n) is 9.40. The first-order chi connectivity index (χ1) is 7.71. The van der Waals surface area contributed by atoms with Gasteiger partial charge in [0.05, 0.1) is 27.3 Å². The summed E-state index contributed by atoms with van der Waals surface area (Å²) in [5.74, 6) is -0.142. The van der Waals surface area contributed by atoms with Gasteiger partial charge in [0.1, 0.15) is 5.75 Å². The van der Waals surface area contributed by atoms with Gasteiger partial charge in [-0.1, -0.05) is 12.1 Å². The molecule has 0 heterocycles. The van der Waals surface area contributed by atoms with Crippen molar-refractivity contribution >= 4 is 5.97 Å². The summed E-state index contributed by atoms with van der Waals surface area (Å²) in [5, 5.41) is 0. The molecule has 1 atom stereocenters. The van der Waals surface area contributed by atoms with Gasteiger partial charge in [-0.2, -0.15) is 0 Å². The Kier molecular flexibility index (Phi) is 4.76. The van der Waals surface area contributed by atoms with Crippen molar-refractivity contribution in [3.63, 3.8) is 0 Å². The molecule has 3 nitrogen and oxygen atoms in total. The van der Waals surface area contributed by atoms with Crippen molar-refractivity contribution in [2.24, 2.45) is 0 Å². The molecule has 0 saturated carbocycles. The molecule has 0 unspecified atom stereocenters. The van der Waals surface area contributed by atoms with Crippen molar-refractivity contribution in [2.75, 3.05) is 20.9 Å². The van der Waals surface area contributed by atoms with Gasteiger partial charge in [0.25, 0.3) is 0 Å². The van der Waals surface area contributed by atoms with Crippen LogP contribution in [0.4, 0.5) is 4.39 Å². The van der Waals surface area contributed by atoms with Crippen molar-refractivity contribution < 1.29 is 18.7 Å². The first-order valence-corrected chi connectivity index (χ1v) is 4.98. The molecule has 1 aromatic rings. The molecule has 0 aromatic heterocycles. The molecule has 0 aliphatic carbocycles. The van der Waals surface area contributed by atoms with E-state index in [0.29, 0.717) is 5.75 Å². The summed E-state index contributed by atoms with van der Waals surface area (Å²) in [7, 11) is 2.86. The number of ether oxygens (including phenoxy) is 2. The number of carbonyl (C=O) groups excluding carboxylic acids is 1. The Hall–Kier alpha value is -1.58. The monoisotopic (exact) mass is 226 g/mol. The van der Waals surface area contributed by atoms with Crippen LogP contribution < -0.4 is 4.74 Å². The molecule has 0 radical (unpaired) electrons. The summed E-state index contributed by atoms with van der Waals surface area (Å²) in [6, 6.07) is 7.00. The molecule has 0 aliphatic rings. The Balaban J connectivity index is 2.74.